The minimum atomic E-state index is -1.40. The van der Waals surface area contributed by atoms with E-state index in [4.69, 9.17) is 21.3 Å². The fourth-order valence-electron chi connectivity index (χ4n) is 5.38. The molecule has 0 unspecified atom stereocenters. The van der Waals surface area contributed by atoms with Crippen LogP contribution in [0.2, 0.25) is 5.02 Å². The van der Waals surface area contributed by atoms with Gasteiger partial charge in [0.05, 0.1) is 29.4 Å². The van der Waals surface area contributed by atoms with Crippen LogP contribution in [0.25, 0.3) is 16.9 Å². The molecule has 4 aromatic heterocycles. The molecule has 2 fully saturated rings. The van der Waals surface area contributed by atoms with Crippen LogP contribution in [0.5, 0.6) is 5.88 Å². The summed E-state index contributed by atoms with van der Waals surface area (Å²) in [5, 5.41) is 20.2. The molecule has 13 nitrogen and oxygen atoms in total. The Bertz CT molecular complexity index is 1800. The summed E-state index contributed by atoms with van der Waals surface area (Å²) in [6.45, 7) is 2.50. The zero-order chi connectivity index (χ0) is 30.2. The Morgan fingerprint density at radius 2 is 2.00 bits per heavy atom. The Hall–Kier alpha value is -4.80. The minimum absolute atomic E-state index is 0.00471. The lowest BCUT2D eigenvalue weighted by atomic mass is 10.1. The number of likely N-dealkylation sites (N-methyl/N-ethyl adjacent to an activating group) is 1. The van der Waals surface area contributed by atoms with Gasteiger partial charge in [-0.1, -0.05) is 11.6 Å². The molecule has 1 N–H and O–H groups in total. The topological polar surface area (TPSA) is 154 Å². The minimum Gasteiger partial charge on any atom is -0.477 e. The number of aromatic nitrogens is 5. The number of aromatic carboxylic acids is 1. The van der Waals surface area contributed by atoms with Crippen molar-refractivity contribution in [3.8, 4) is 17.8 Å². The lowest BCUT2D eigenvalue weighted by molar-refractivity contribution is 0.0695. The van der Waals surface area contributed by atoms with Gasteiger partial charge in [0.15, 0.2) is 11.5 Å². The number of fused-ring (bicyclic) bond motifs is 1. The molecule has 2 aliphatic heterocycles. The van der Waals surface area contributed by atoms with E-state index < -0.39 is 17.0 Å². The summed E-state index contributed by atoms with van der Waals surface area (Å²) in [6, 6.07) is 7.23. The summed E-state index contributed by atoms with van der Waals surface area (Å²) in [6.07, 6.45) is 7.55. The second kappa shape index (κ2) is 11.5. The van der Waals surface area contributed by atoms with Gasteiger partial charge in [-0.2, -0.15) is 5.26 Å². The lowest BCUT2D eigenvalue weighted by Crippen LogP contribution is -2.57. The molecule has 0 saturated carbocycles. The van der Waals surface area contributed by atoms with Crippen LogP contribution in [-0.2, 0) is 0 Å². The second-order valence-electron chi connectivity index (χ2n) is 10.7. The molecule has 43 heavy (non-hydrogen) atoms. The normalized spacial score (nSPS) is 16.9. The number of nitriles is 1. The van der Waals surface area contributed by atoms with Crippen LogP contribution in [0, 0.1) is 11.3 Å². The number of carbonyl (C=O) groups is 1. The quantitative estimate of drug-likeness (QED) is 0.316. The third-order valence-electron chi connectivity index (χ3n) is 7.88. The summed E-state index contributed by atoms with van der Waals surface area (Å²) in [5.41, 5.74) is -0.883. The number of pyridine rings is 3. The summed E-state index contributed by atoms with van der Waals surface area (Å²) < 4.78 is 7.35. The summed E-state index contributed by atoms with van der Waals surface area (Å²) in [5.74, 6) is 0.266. The van der Waals surface area contributed by atoms with E-state index in [1.807, 2.05) is 19.0 Å². The van der Waals surface area contributed by atoms with Crippen molar-refractivity contribution in [2.75, 3.05) is 50.1 Å². The maximum atomic E-state index is 13.2. The van der Waals surface area contributed by atoms with Crippen LogP contribution in [0.4, 0.5) is 11.6 Å². The molecule has 6 heterocycles. The van der Waals surface area contributed by atoms with Gasteiger partial charge < -0.3 is 24.5 Å². The van der Waals surface area contributed by atoms with Gasteiger partial charge in [0.1, 0.15) is 34.9 Å². The van der Waals surface area contributed by atoms with Crippen molar-refractivity contribution in [3.63, 3.8) is 0 Å². The summed E-state index contributed by atoms with van der Waals surface area (Å²) >= 11 is 6.21. The number of nitrogens with zero attached hydrogens (tertiary/aromatic N) is 9. The van der Waals surface area contributed by atoms with Crippen molar-refractivity contribution in [3.05, 3.63) is 69.4 Å². The Morgan fingerprint density at radius 3 is 2.67 bits per heavy atom. The Labute approximate surface area is 251 Å². The highest BCUT2D eigenvalue weighted by molar-refractivity contribution is 6.31. The highest BCUT2D eigenvalue weighted by Crippen LogP contribution is 2.31. The van der Waals surface area contributed by atoms with Gasteiger partial charge in [0, 0.05) is 38.1 Å². The predicted molar refractivity (Wildman–Crippen MR) is 159 cm³/mol. The molecular weight excluding hydrogens is 574 g/mol. The van der Waals surface area contributed by atoms with Crippen molar-refractivity contribution in [2.45, 2.75) is 24.9 Å². The zero-order valence-electron chi connectivity index (χ0n) is 23.5. The Balaban J connectivity index is 1.39. The molecular formula is C29H28ClN9O4. The molecule has 6 rings (SSSR count). The number of halogens is 1. The number of anilines is 2. The van der Waals surface area contributed by atoms with E-state index in [1.165, 1.54) is 23.0 Å². The Kier molecular flexibility index (Phi) is 7.55. The first-order chi connectivity index (χ1) is 20.7. The third-order valence-corrected chi connectivity index (χ3v) is 8.17. The van der Waals surface area contributed by atoms with Gasteiger partial charge in [-0.05, 0) is 45.1 Å². The van der Waals surface area contributed by atoms with Crippen LogP contribution in [-0.4, -0.2) is 92.9 Å². The van der Waals surface area contributed by atoms with E-state index in [-0.39, 0.29) is 35.1 Å². The average molecular weight is 602 g/mol. The van der Waals surface area contributed by atoms with E-state index in [9.17, 15) is 20.0 Å². The van der Waals surface area contributed by atoms with Gasteiger partial charge in [-0.25, -0.2) is 24.7 Å². The molecule has 220 valence electrons. The van der Waals surface area contributed by atoms with E-state index in [0.29, 0.717) is 35.1 Å². The molecule has 0 amide bonds. The molecule has 4 aromatic rings. The first-order valence-corrected chi connectivity index (χ1v) is 14.1. The fourth-order valence-corrected chi connectivity index (χ4v) is 5.55. The van der Waals surface area contributed by atoms with Crippen molar-refractivity contribution < 1.29 is 14.6 Å². The molecule has 0 aromatic carbocycles. The van der Waals surface area contributed by atoms with Gasteiger partial charge in [-0.15, -0.1) is 0 Å². The summed E-state index contributed by atoms with van der Waals surface area (Å²) in [7, 11) is 4.06. The van der Waals surface area contributed by atoms with Gasteiger partial charge in [0.25, 0.3) is 0 Å². The average Bonchev–Trinajstić information content (AvgIpc) is 3.44. The number of carboxylic acids is 1. The third kappa shape index (κ3) is 5.31. The molecule has 1 atom stereocenters. The molecule has 0 bridgehead atoms. The number of hydrogen-bond donors (Lipinski definition) is 1. The maximum absolute atomic E-state index is 13.2. The first-order valence-electron chi connectivity index (χ1n) is 13.7. The summed E-state index contributed by atoms with van der Waals surface area (Å²) in [4.78, 5) is 49.6. The first kappa shape index (κ1) is 28.3. The molecule has 0 radical (unpaired) electrons. The van der Waals surface area contributed by atoms with E-state index in [2.05, 4.69) is 30.8 Å². The van der Waals surface area contributed by atoms with Crippen LogP contribution in [0.1, 0.15) is 28.8 Å². The van der Waals surface area contributed by atoms with Crippen molar-refractivity contribution in [2.24, 2.45) is 0 Å². The standard InChI is InChI=1S/C29H28ClN9O4/c1-36(2)19-13-37(14-19)23-11-34-24(12-33-23)39-15-21(29(41)42)25(40)20-9-17(10-31)26(35-27(20)39)38-8-4-5-18(38)16-43-28-22(30)6-3-7-32-28/h3,6-7,9,11-12,15,18-19H,4-5,8,13-14,16H2,1-2H3,(H,41,42)/t18-/m1/s1. The van der Waals surface area contributed by atoms with Crippen LogP contribution in [0.15, 0.2) is 47.8 Å². The predicted octanol–water partition coefficient (Wildman–Crippen LogP) is 2.59. The largest absolute Gasteiger partial charge is 0.477 e. The van der Waals surface area contributed by atoms with Crippen molar-refractivity contribution >= 4 is 40.2 Å². The van der Waals surface area contributed by atoms with Crippen molar-refractivity contribution in [1.82, 2.24) is 29.4 Å². The molecule has 2 saturated heterocycles. The van der Waals surface area contributed by atoms with Gasteiger partial charge in [0.2, 0.25) is 11.3 Å². The van der Waals surface area contributed by atoms with Crippen LogP contribution in [0.3, 0.4) is 0 Å². The molecule has 0 aliphatic carbocycles. The number of ether oxygens (including phenoxy) is 1. The highest BCUT2D eigenvalue weighted by atomic mass is 35.5. The Morgan fingerprint density at radius 1 is 1.23 bits per heavy atom. The van der Waals surface area contributed by atoms with Gasteiger partial charge in [-0.3, -0.25) is 9.36 Å². The second-order valence-corrected chi connectivity index (χ2v) is 11.1. The zero-order valence-corrected chi connectivity index (χ0v) is 24.3. The van der Waals surface area contributed by atoms with Gasteiger partial charge >= 0.3 is 5.97 Å². The number of rotatable bonds is 8. The molecule has 14 heteroatoms. The van der Waals surface area contributed by atoms with Crippen LogP contribution >= 0.6 is 11.6 Å². The van der Waals surface area contributed by atoms with E-state index in [0.717, 1.165) is 25.9 Å². The monoisotopic (exact) mass is 601 g/mol. The number of carboxylic acid groups (broad SMARTS) is 1. The fraction of sp³-hybridized carbons (Fsp3) is 0.345. The SMILES string of the molecule is CN(C)C1CN(c2cnc(-n3cc(C(=O)O)c(=O)c4cc(C#N)c(N5CCC[C@@H]5COc5ncccc5Cl)nc43)cn2)C1. The lowest BCUT2D eigenvalue weighted by Gasteiger charge is -2.43. The van der Waals surface area contributed by atoms with E-state index >= 15 is 0 Å². The molecule has 0 spiro atoms. The molecule has 2 aliphatic rings. The highest BCUT2D eigenvalue weighted by Gasteiger charge is 2.31. The number of hydrogen-bond acceptors (Lipinski definition) is 11. The van der Waals surface area contributed by atoms with Crippen molar-refractivity contribution in [1.29, 1.82) is 5.26 Å². The van der Waals surface area contributed by atoms with E-state index in [1.54, 1.807) is 24.5 Å². The maximum Gasteiger partial charge on any atom is 0.341 e. The van der Waals surface area contributed by atoms with Crippen LogP contribution < -0.4 is 20.0 Å². The smallest absolute Gasteiger partial charge is 0.341 e.